The highest BCUT2D eigenvalue weighted by Crippen LogP contribution is 2.39. The summed E-state index contributed by atoms with van der Waals surface area (Å²) in [5.41, 5.74) is 1.70. The number of carbonyl (C=O) groups is 2. The topological polar surface area (TPSA) is 66.4 Å². The minimum Gasteiger partial charge on any atom is -0.478 e. The third-order valence-electron chi connectivity index (χ3n) is 3.99. The van der Waals surface area contributed by atoms with Crippen LogP contribution in [0.3, 0.4) is 0 Å². The molecule has 5 heteroatoms. The Bertz CT molecular complexity index is 721. The van der Waals surface area contributed by atoms with Crippen molar-refractivity contribution < 1.29 is 14.7 Å². The number of carbonyl (C=O) groups excluding carboxylic acids is 1. The zero-order valence-electron chi connectivity index (χ0n) is 12.3. The highest BCUT2D eigenvalue weighted by Gasteiger charge is 2.28. The van der Waals surface area contributed by atoms with Gasteiger partial charge in [0.25, 0.3) is 5.91 Å². The first-order chi connectivity index (χ1) is 10.6. The van der Waals surface area contributed by atoms with Crippen LogP contribution in [0.4, 0.5) is 5.00 Å². The maximum absolute atomic E-state index is 12.3. The lowest BCUT2D eigenvalue weighted by Gasteiger charge is -2.17. The third kappa shape index (κ3) is 2.76. The summed E-state index contributed by atoms with van der Waals surface area (Å²) in [6, 6.07) is 8.84. The second-order valence-electron chi connectivity index (χ2n) is 5.68. The molecule has 0 spiro atoms. The van der Waals surface area contributed by atoms with E-state index >= 15 is 0 Å². The molecule has 22 heavy (non-hydrogen) atoms. The maximum Gasteiger partial charge on any atom is 0.339 e. The minimum atomic E-state index is -0.963. The minimum absolute atomic E-state index is 0.269. The van der Waals surface area contributed by atoms with Crippen LogP contribution in [0.25, 0.3) is 0 Å². The Kier molecular flexibility index (Phi) is 3.98. The summed E-state index contributed by atoms with van der Waals surface area (Å²) < 4.78 is 0. The Balaban J connectivity index is 1.94. The molecule has 3 rings (SSSR count). The molecule has 2 aromatic rings. The van der Waals surface area contributed by atoms with Crippen molar-refractivity contribution in [2.45, 2.75) is 26.2 Å². The van der Waals surface area contributed by atoms with Gasteiger partial charge in [-0.3, -0.25) is 4.79 Å². The summed E-state index contributed by atoms with van der Waals surface area (Å²) in [7, 11) is 0. The number of carboxylic acid groups (broad SMARTS) is 1. The molecule has 0 aliphatic heterocycles. The lowest BCUT2D eigenvalue weighted by Crippen LogP contribution is -2.15. The summed E-state index contributed by atoms with van der Waals surface area (Å²) >= 11 is 1.40. The standard InChI is InChI=1S/C17H17NO3S/c1-10-7-8-12-13(9-10)22-16(14(12)17(20)21)18-15(19)11-5-3-2-4-6-11/h2-6,10H,7-9H2,1H3,(H,18,19)(H,20,21)/t10-/m1/s1. The SMILES string of the molecule is C[C@@H]1CCc2c(sc(NC(=O)c3ccccc3)c2C(=O)O)C1. The molecule has 1 heterocycles. The van der Waals surface area contributed by atoms with Crippen LogP contribution in [-0.2, 0) is 12.8 Å². The van der Waals surface area contributed by atoms with Crippen molar-refractivity contribution in [3.8, 4) is 0 Å². The predicted molar refractivity (Wildman–Crippen MR) is 86.9 cm³/mol. The first-order valence-corrected chi connectivity index (χ1v) is 8.12. The first kappa shape index (κ1) is 14.8. The van der Waals surface area contributed by atoms with E-state index in [9.17, 15) is 14.7 Å². The highest BCUT2D eigenvalue weighted by molar-refractivity contribution is 7.17. The number of carboxylic acids is 1. The van der Waals surface area contributed by atoms with Crippen LogP contribution in [0.5, 0.6) is 0 Å². The highest BCUT2D eigenvalue weighted by atomic mass is 32.1. The van der Waals surface area contributed by atoms with E-state index in [1.807, 2.05) is 6.07 Å². The Morgan fingerprint density at radius 1 is 1.27 bits per heavy atom. The number of benzene rings is 1. The van der Waals surface area contributed by atoms with Crippen molar-refractivity contribution in [2.24, 2.45) is 5.92 Å². The molecule has 114 valence electrons. The van der Waals surface area contributed by atoms with Gasteiger partial charge in [-0.1, -0.05) is 25.1 Å². The van der Waals surface area contributed by atoms with Gasteiger partial charge >= 0.3 is 5.97 Å². The molecule has 1 aliphatic rings. The van der Waals surface area contributed by atoms with Crippen molar-refractivity contribution in [2.75, 3.05) is 5.32 Å². The molecule has 4 nitrogen and oxygen atoms in total. The van der Waals surface area contributed by atoms with Gasteiger partial charge in [-0.05, 0) is 42.9 Å². The van der Waals surface area contributed by atoms with E-state index in [0.717, 1.165) is 29.7 Å². The van der Waals surface area contributed by atoms with Crippen molar-refractivity contribution in [3.05, 3.63) is 51.9 Å². The molecule has 0 bridgehead atoms. The number of rotatable bonds is 3. The quantitative estimate of drug-likeness (QED) is 0.904. The molecule has 0 fully saturated rings. The zero-order chi connectivity index (χ0) is 15.7. The summed E-state index contributed by atoms with van der Waals surface area (Å²) in [6.45, 7) is 2.17. The molecule has 2 N–H and O–H groups in total. The van der Waals surface area contributed by atoms with Gasteiger partial charge in [0.2, 0.25) is 0 Å². The lowest BCUT2D eigenvalue weighted by molar-refractivity contribution is 0.0697. The Hall–Kier alpha value is -2.14. The van der Waals surface area contributed by atoms with Gasteiger partial charge in [-0.2, -0.15) is 0 Å². The molecule has 0 unspecified atom stereocenters. The largest absolute Gasteiger partial charge is 0.478 e. The van der Waals surface area contributed by atoms with Gasteiger partial charge in [-0.25, -0.2) is 4.79 Å². The molecule has 0 saturated heterocycles. The average molecular weight is 315 g/mol. The number of fused-ring (bicyclic) bond motifs is 1. The van der Waals surface area contributed by atoms with Crippen LogP contribution >= 0.6 is 11.3 Å². The number of aromatic carboxylic acids is 1. The third-order valence-corrected chi connectivity index (χ3v) is 5.16. The van der Waals surface area contributed by atoms with Crippen molar-refractivity contribution in [1.82, 2.24) is 0 Å². The molecule has 0 radical (unpaired) electrons. The lowest BCUT2D eigenvalue weighted by atomic mass is 9.88. The Labute approximate surface area is 132 Å². The summed E-state index contributed by atoms with van der Waals surface area (Å²) in [5.74, 6) is -0.671. The molecular formula is C17H17NO3S. The van der Waals surface area contributed by atoms with Gasteiger partial charge in [0.1, 0.15) is 5.00 Å². The van der Waals surface area contributed by atoms with E-state index in [0.29, 0.717) is 16.5 Å². The molecule has 1 aliphatic carbocycles. The van der Waals surface area contributed by atoms with Gasteiger partial charge in [-0.15, -0.1) is 11.3 Å². The smallest absolute Gasteiger partial charge is 0.339 e. The van der Waals surface area contributed by atoms with Crippen LogP contribution in [0.2, 0.25) is 0 Å². The van der Waals surface area contributed by atoms with Gasteiger partial charge in [0, 0.05) is 10.4 Å². The fourth-order valence-corrected chi connectivity index (χ4v) is 4.23. The van der Waals surface area contributed by atoms with Crippen molar-refractivity contribution >= 4 is 28.2 Å². The van der Waals surface area contributed by atoms with Crippen molar-refractivity contribution in [3.63, 3.8) is 0 Å². The van der Waals surface area contributed by atoms with Crippen molar-refractivity contribution in [1.29, 1.82) is 0 Å². The monoisotopic (exact) mass is 315 g/mol. The molecule has 0 saturated carbocycles. The molecular weight excluding hydrogens is 298 g/mol. The molecule has 1 amide bonds. The normalized spacial score (nSPS) is 16.9. The van der Waals surface area contributed by atoms with E-state index in [4.69, 9.17) is 0 Å². The molecule has 1 aromatic heterocycles. The summed E-state index contributed by atoms with van der Waals surface area (Å²) in [4.78, 5) is 25.0. The van der Waals surface area contributed by atoms with Crippen LogP contribution in [-0.4, -0.2) is 17.0 Å². The van der Waals surface area contributed by atoms with Gasteiger partial charge in [0.05, 0.1) is 5.56 Å². The fraction of sp³-hybridized carbons (Fsp3) is 0.294. The van der Waals surface area contributed by atoms with Gasteiger partial charge < -0.3 is 10.4 Å². The van der Waals surface area contributed by atoms with E-state index in [-0.39, 0.29) is 11.5 Å². The van der Waals surface area contributed by atoms with Crippen LogP contribution < -0.4 is 5.32 Å². The second kappa shape index (κ2) is 5.93. The van der Waals surface area contributed by atoms with Crippen LogP contribution in [0, 0.1) is 5.92 Å². The maximum atomic E-state index is 12.3. The fourth-order valence-electron chi connectivity index (χ4n) is 2.83. The van der Waals surface area contributed by atoms with Gasteiger partial charge in [0.15, 0.2) is 0 Å². The number of hydrogen-bond donors (Lipinski definition) is 2. The van der Waals surface area contributed by atoms with E-state index in [1.165, 1.54) is 11.3 Å². The number of hydrogen-bond acceptors (Lipinski definition) is 3. The zero-order valence-corrected chi connectivity index (χ0v) is 13.1. The second-order valence-corrected chi connectivity index (χ2v) is 6.79. The van der Waals surface area contributed by atoms with E-state index < -0.39 is 5.97 Å². The molecule has 1 aromatic carbocycles. The number of nitrogens with one attached hydrogen (secondary N) is 1. The van der Waals surface area contributed by atoms with Crippen LogP contribution in [0.1, 0.15) is 44.5 Å². The van der Waals surface area contributed by atoms with Crippen LogP contribution in [0.15, 0.2) is 30.3 Å². The van der Waals surface area contributed by atoms with E-state index in [2.05, 4.69) is 12.2 Å². The Morgan fingerprint density at radius 3 is 2.68 bits per heavy atom. The number of anilines is 1. The summed E-state index contributed by atoms with van der Waals surface area (Å²) in [6.07, 6.45) is 2.66. The number of amides is 1. The average Bonchev–Trinajstić information content (AvgIpc) is 2.85. The predicted octanol–water partition coefficient (Wildman–Crippen LogP) is 3.82. The summed E-state index contributed by atoms with van der Waals surface area (Å²) in [5, 5.41) is 12.8. The first-order valence-electron chi connectivity index (χ1n) is 7.30. The van der Waals surface area contributed by atoms with E-state index in [1.54, 1.807) is 24.3 Å². The Morgan fingerprint density at radius 2 is 2.00 bits per heavy atom. The number of thiophene rings is 1. The molecule has 1 atom stereocenters.